The van der Waals surface area contributed by atoms with E-state index in [1.807, 2.05) is 0 Å². The molecule has 0 saturated heterocycles. The van der Waals surface area contributed by atoms with Crippen LogP contribution in [0.5, 0.6) is 5.75 Å². The van der Waals surface area contributed by atoms with E-state index in [1.165, 1.54) is 31.2 Å². The molecule has 0 aromatic heterocycles. The van der Waals surface area contributed by atoms with Crippen molar-refractivity contribution in [3.63, 3.8) is 0 Å². The zero-order valence-electron chi connectivity index (χ0n) is 11.2. The molecule has 1 fully saturated rings. The van der Waals surface area contributed by atoms with Crippen molar-refractivity contribution in [1.29, 1.82) is 0 Å². The third-order valence-electron chi connectivity index (χ3n) is 3.83. The van der Waals surface area contributed by atoms with Crippen LogP contribution in [0, 0.1) is 5.92 Å². The molecule has 18 heavy (non-hydrogen) atoms. The molecule has 2 nitrogen and oxygen atoms in total. The first-order valence-electron chi connectivity index (χ1n) is 6.83. The Kier molecular flexibility index (Phi) is 5.07. The predicted molar refractivity (Wildman–Crippen MR) is 79.1 cm³/mol. The Morgan fingerprint density at radius 1 is 1.39 bits per heavy atom. The van der Waals surface area contributed by atoms with Crippen molar-refractivity contribution in [2.24, 2.45) is 5.92 Å². The van der Waals surface area contributed by atoms with Crippen molar-refractivity contribution < 1.29 is 4.74 Å². The van der Waals surface area contributed by atoms with Gasteiger partial charge in [0.15, 0.2) is 0 Å². The van der Waals surface area contributed by atoms with Crippen LogP contribution in [-0.2, 0) is 0 Å². The lowest BCUT2D eigenvalue weighted by atomic mass is 9.91. The molecular formula is C15H22BrNO. The molecule has 0 amide bonds. The molecule has 0 radical (unpaired) electrons. The smallest absolute Gasteiger partial charge is 0.133 e. The van der Waals surface area contributed by atoms with Crippen molar-refractivity contribution in [1.82, 2.24) is 5.32 Å². The summed E-state index contributed by atoms with van der Waals surface area (Å²) in [6.07, 6.45) is 5.45. The zero-order chi connectivity index (χ0) is 13.0. The maximum Gasteiger partial charge on any atom is 0.133 e. The SMILES string of the molecule is CCNC(c1ccc(OC)c(Br)c1)C1CCCC1. The second-order valence-corrected chi connectivity index (χ2v) is 5.83. The van der Waals surface area contributed by atoms with Crippen LogP contribution in [0.4, 0.5) is 0 Å². The molecule has 1 aromatic rings. The molecule has 0 bridgehead atoms. The number of hydrogen-bond donors (Lipinski definition) is 1. The lowest BCUT2D eigenvalue weighted by molar-refractivity contribution is 0.373. The maximum absolute atomic E-state index is 5.30. The van der Waals surface area contributed by atoms with Crippen LogP contribution >= 0.6 is 15.9 Å². The molecule has 1 saturated carbocycles. The monoisotopic (exact) mass is 311 g/mol. The van der Waals surface area contributed by atoms with Crippen molar-refractivity contribution in [2.45, 2.75) is 38.6 Å². The number of nitrogens with one attached hydrogen (secondary N) is 1. The Hall–Kier alpha value is -0.540. The summed E-state index contributed by atoms with van der Waals surface area (Å²) in [7, 11) is 1.71. The van der Waals surface area contributed by atoms with E-state index in [2.05, 4.69) is 46.4 Å². The summed E-state index contributed by atoms with van der Waals surface area (Å²) < 4.78 is 6.34. The predicted octanol–water partition coefficient (Wildman–Crippen LogP) is 4.30. The molecule has 0 aliphatic heterocycles. The largest absolute Gasteiger partial charge is 0.496 e. The van der Waals surface area contributed by atoms with E-state index in [9.17, 15) is 0 Å². The quantitative estimate of drug-likeness (QED) is 0.875. The number of methoxy groups -OCH3 is 1. The molecule has 1 aromatic carbocycles. The van der Waals surface area contributed by atoms with E-state index in [0.717, 1.165) is 22.7 Å². The van der Waals surface area contributed by atoms with Crippen LogP contribution in [0.2, 0.25) is 0 Å². The van der Waals surface area contributed by atoms with E-state index in [0.29, 0.717) is 6.04 Å². The summed E-state index contributed by atoms with van der Waals surface area (Å²) in [6, 6.07) is 6.93. The van der Waals surface area contributed by atoms with Crippen LogP contribution in [-0.4, -0.2) is 13.7 Å². The van der Waals surface area contributed by atoms with Gasteiger partial charge in [0.25, 0.3) is 0 Å². The highest BCUT2D eigenvalue weighted by atomic mass is 79.9. The van der Waals surface area contributed by atoms with Gasteiger partial charge in [0.2, 0.25) is 0 Å². The van der Waals surface area contributed by atoms with Crippen LogP contribution in [0.1, 0.15) is 44.2 Å². The van der Waals surface area contributed by atoms with Crippen molar-refractivity contribution in [3.8, 4) is 5.75 Å². The van der Waals surface area contributed by atoms with Gasteiger partial charge in [0.1, 0.15) is 5.75 Å². The van der Waals surface area contributed by atoms with Gasteiger partial charge in [0.05, 0.1) is 11.6 Å². The van der Waals surface area contributed by atoms with Crippen molar-refractivity contribution in [2.75, 3.05) is 13.7 Å². The van der Waals surface area contributed by atoms with Gasteiger partial charge in [-0.1, -0.05) is 25.8 Å². The molecular weight excluding hydrogens is 290 g/mol. The van der Waals surface area contributed by atoms with E-state index in [4.69, 9.17) is 4.74 Å². The number of ether oxygens (including phenoxy) is 1. The summed E-state index contributed by atoms with van der Waals surface area (Å²) >= 11 is 3.58. The van der Waals surface area contributed by atoms with Crippen LogP contribution < -0.4 is 10.1 Å². The highest BCUT2D eigenvalue weighted by Crippen LogP contribution is 2.37. The third kappa shape index (κ3) is 3.07. The number of benzene rings is 1. The molecule has 1 atom stereocenters. The van der Waals surface area contributed by atoms with Crippen LogP contribution in [0.3, 0.4) is 0 Å². The second kappa shape index (κ2) is 6.58. The first-order valence-corrected chi connectivity index (χ1v) is 7.62. The number of hydrogen-bond acceptors (Lipinski definition) is 2. The molecule has 1 aliphatic rings. The van der Waals surface area contributed by atoms with E-state index in [1.54, 1.807) is 7.11 Å². The van der Waals surface area contributed by atoms with E-state index < -0.39 is 0 Å². The normalized spacial score (nSPS) is 17.9. The lowest BCUT2D eigenvalue weighted by Crippen LogP contribution is -2.26. The first kappa shape index (κ1) is 13.9. The van der Waals surface area contributed by atoms with Crippen LogP contribution in [0.25, 0.3) is 0 Å². The van der Waals surface area contributed by atoms with Gasteiger partial charge in [-0.25, -0.2) is 0 Å². The lowest BCUT2D eigenvalue weighted by Gasteiger charge is -2.25. The summed E-state index contributed by atoms with van der Waals surface area (Å²) in [4.78, 5) is 0. The minimum atomic E-state index is 0.486. The summed E-state index contributed by atoms with van der Waals surface area (Å²) in [6.45, 7) is 3.20. The number of halogens is 1. The minimum Gasteiger partial charge on any atom is -0.496 e. The molecule has 0 heterocycles. The van der Waals surface area contributed by atoms with Crippen LogP contribution in [0.15, 0.2) is 22.7 Å². The summed E-state index contributed by atoms with van der Waals surface area (Å²) in [5, 5.41) is 3.64. The molecule has 1 aliphatic carbocycles. The summed E-state index contributed by atoms with van der Waals surface area (Å²) in [5.74, 6) is 1.69. The van der Waals surface area contributed by atoms with E-state index in [-0.39, 0.29) is 0 Å². The fraction of sp³-hybridized carbons (Fsp3) is 0.600. The molecule has 1 unspecified atom stereocenters. The molecule has 2 rings (SSSR count). The Morgan fingerprint density at radius 3 is 2.67 bits per heavy atom. The molecule has 0 spiro atoms. The Balaban J connectivity index is 2.21. The molecule has 1 N–H and O–H groups in total. The minimum absolute atomic E-state index is 0.486. The van der Waals surface area contributed by atoms with Gasteiger partial charge in [-0.3, -0.25) is 0 Å². The average molecular weight is 312 g/mol. The van der Waals surface area contributed by atoms with Gasteiger partial charge < -0.3 is 10.1 Å². The van der Waals surface area contributed by atoms with Gasteiger partial charge in [-0.15, -0.1) is 0 Å². The summed E-state index contributed by atoms with van der Waals surface area (Å²) in [5.41, 5.74) is 1.37. The Bertz CT molecular complexity index is 388. The van der Waals surface area contributed by atoms with E-state index >= 15 is 0 Å². The highest BCUT2D eigenvalue weighted by molar-refractivity contribution is 9.10. The average Bonchev–Trinajstić information content (AvgIpc) is 2.89. The van der Waals surface area contributed by atoms with Gasteiger partial charge in [-0.05, 0) is 58.9 Å². The Morgan fingerprint density at radius 2 is 2.11 bits per heavy atom. The molecule has 100 valence electrons. The fourth-order valence-electron chi connectivity index (χ4n) is 2.94. The van der Waals surface area contributed by atoms with Gasteiger partial charge in [0, 0.05) is 6.04 Å². The number of rotatable bonds is 5. The Labute approximate surface area is 118 Å². The maximum atomic E-state index is 5.30. The van der Waals surface area contributed by atoms with Gasteiger partial charge in [-0.2, -0.15) is 0 Å². The second-order valence-electron chi connectivity index (χ2n) is 4.97. The third-order valence-corrected chi connectivity index (χ3v) is 4.45. The topological polar surface area (TPSA) is 21.3 Å². The highest BCUT2D eigenvalue weighted by Gasteiger charge is 2.25. The van der Waals surface area contributed by atoms with Gasteiger partial charge >= 0.3 is 0 Å². The van der Waals surface area contributed by atoms with Crippen molar-refractivity contribution in [3.05, 3.63) is 28.2 Å². The zero-order valence-corrected chi connectivity index (χ0v) is 12.8. The fourth-order valence-corrected chi connectivity index (χ4v) is 3.50. The van der Waals surface area contributed by atoms with Crippen molar-refractivity contribution >= 4 is 15.9 Å². The first-order chi connectivity index (χ1) is 8.76. The standard InChI is InChI=1S/C15H22BrNO/c1-3-17-15(11-6-4-5-7-11)12-8-9-14(18-2)13(16)10-12/h8-11,15,17H,3-7H2,1-2H3. The molecule has 3 heteroatoms.